The first-order valence-corrected chi connectivity index (χ1v) is 26.6. The molecule has 12 nitrogen and oxygen atoms in total. The van der Waals surface area contributed by atoms with E-state index in [-0.39, 0.29) is 25.9 Å². The molecule has 67 heavy (non-hydrogen) atoms. The number of allylic oxidation sites excluding steroid dienone is 8. The Kier molecular flexibility index (Phi) is 40.4. The van der Waals surface area contributed by atoms with Gasteiger partial charge in [0.05, 0.1) is 6.61 Å². The molecule has 6 unspecified atom stereocenters. The Bertz CT molecular complexity index is 1360. The van der Waals surface area contributed by atoms with Gasteiger partial charge in [-0.1, -0.05) is 185 Å². The van der Waals surface area contributed by atoms with Crippen LogP contribution in [0.2, 0.25) is 0 Å². The van der Waals surface area contributed by atoms with Crippen LogP contribution in [0.25, 0.3) is 0 Å². The average molecular weight is 947 g/mol. The monoisotopic (exact) mass is 947 g/mol. The summed E-state index contributed by atoms with van der Waals surface area (Å²) in [6, 6.07) is 0. The summed E-state index contributed by atoms with van der Waals surface area (Å²) in [6.07, 6.45) is 38.2. The number of hydrogen-bond donors (Lipinski definition) is 3. The lowest BCUT2D eigenvalue weighted by Gasteiger charge is -2.40. The van der Waals surface area contributed by atoms with Crippen molar-refractivity contribution < 1.29 is 58.2 Å². The number of hydrogen-bond acceptors (Lipinski definition) is 11. The first kappa shape index (κ1) is 61.7. The molecule has 0 amide bonds. The predicted molar refractivity (Wildman–Crippen MR) is 266 cm³/mol. The van der Waals surface area contributed by atoms with Gasteiger partial charge in [-0.25, -0.2) is 4.79 Å². The molecule has 0 bridgehead atoms. The van der Waals surface area contributed by atoms with Crippen LogP contribution in [0.15, 0.2) is 48.6 Å². The van der Waals surface area contributed by atoms with Gasteiger partial charge < -0.3 is 39.0 Å². The Balaban J connectivity index is 2.69. The minimum Gasteiger partial charge on any atom is -0.479 e. The molecule has 1 aliphatic rings. The highest BCUT2D eigenvalue weighted by Crippen LogP contribution is 2.26. The van der Waals surface area contributed by atoms with Gasteiger partial charge in [0, 0.05) is 19.3 Å². The highest BCUT2D eigenvalue weighted by molar-refractivity contribution is 5.74. The molecular weight excluding hydrogens is 853 g/mol. The normalized spacial score (nSPS) is 19.2. The molecule has 1 saturated heterocycles. The lowest BCUT2D eigenvalue weighted by molar-refractivity contribution is -0.301. The van der Waals surface area contributed by atoms with Gasteiger partial charge >= 0.3 is 23.9 Å². The van der Waals surface area contributed by atoms with Crippen molar-refractivity contribution in [2.75, 3.05) is 13.2 Å². The molecule has 0 aliphatic carbocycles. The van der Waals surface area contributed by atoms with Gasteiger partial charge in [-0.2, -0.15) is 0 Å². The van der Waals surface area contributed by atoms with Crippen LogP contribution < -0.4 is 0 Å². The van der Waals surface area contributed by atoms with Crippen LogP contribution in [0.3, 0.4) is 0 Å². The Morgan fingerprint density at radius 3 is 1.49 bits per heavy atom. The summed E-state index contributed by atoms with van der Waals surface area (Å²) in [4.78, 5) is 50.7. The van der Waals surface area contributed by atoms with E-state index in [4.69, 9.17) is 23.7 Å². The number of aliphatic hydroxyl groups is 2. The van der Waals surface area contributed by atoms with Crippen molar-refractivity contribution >= 4 is 23.9 Å². The zero-order chi connectivity index (χ0) is 49.0. The van der Waals surface area contributed by atoms with Crippen molar-refractivity contribution in [3.63, 3.8) is 0 Å². The summed E-state index contributed by atoms with van der Waals surface area (Å²) in [5.74, 6) is -3.14. The van der Waals surface area contributed by atoms with Crippen molar-refractivity contribution in [3.05, 3.63) is 48.6 Å². The molecule has 386 valence electrons. The third kappa shape index (κ3) is 34.6. The molecule has 0 saturated carbocycles. The number of aliphatic hydroxyl groups excluding tert-OH is 2. The quantitative estimate of drug-likeness (QED) is 0.0228. The van der Waals surface area contributed by atoms with Gasteiger partial charge in [0.2, 0.25) is 0 Å². The van der Waals surface area contributed by atoms with Crippen LogP contribution >= 0.6 is 0 Å². The molecule has 1 fully saturated rings. The van der Waals surface area contributed by atoms with Crippen molar-refractivity contribution in [2.24, 2.45) is 0 Å². The fraction of sp³-hybridized carbons (Fsp3) is 0.782. The van der Waals surface area contributed by atoms with Crippen LogP contribution in [0.1, 0.15) is 226 Å². The summed E-state index contributed by atoms with van der Waals surface area (Å²) >= 11 is 0. The second-order valence-corrected chi connectivity index (χ2v) is 18.1. The lowest BCUT2D eigenvalue weighted by Crippen LogP contribution is -2.61. The molecular formula is C55H94O12. The van der Waals surface area contributed by atoms with E-state index in [0.29, 0.717) is 19.3 Å². The fourth-order valence-electron chi connectivity index (χ4n) is 7.77. The molecule has 1 rings (SSSR count). The first-order chi connectivity index (χ1) is 32.6. The van der Waals surface area contributed by atoms with Crippen molar-refractivity contribution in [3.8, 4) is 0 Å². The van der Waals surface area contributed by atoms with E-state index >= 15 is 0 Å². The van der Waals surface area contributed by atoms with Crippen LogP contribution in [0.4, 0.5) is 0 Å². The molecule has 0 aromatic heterocycles. The number of aliphatic carboxylic acids is 1. The van der Waals surface area contributed by atoms with E-state index in [1.54, 1.807) is 0 Å². The molecule has 0 radical (unpaired) electrons. The van der Waals surface area contributed by atoms with Crippen LogP contribution in [-0.4, -0.2) is 89.2 Å². The number of ether oxygens (including phenoxy) is 5. The molecule has 0 aromatic rings. The maximum Gasteiger partial charge on any atom is 0.335 e. The maximum absolute atomic E-state index is 13.0. The summed E-state index contributed by atoms with van der Waals surface area (Å²) in [6.45, 7) is 5.79. The summed E-state index contributed by atoms with van der Waals surface area (Å²) < 4.78 is 28.2. The van der Waals surface area contributed by atoms with Crippen LogP contribution in [0, 0.1) is 0 Å². The van der Waals surface area contributed by atoms with Gasteiger partial charge in [0.15, 0.2) is 24.6 Å². The Morgan fingerprint density at radius 1 is 0.507 bits per heavy atom. The highest BCUT2D eigenvalue weighted by atomic mass is 16.7. The highest BCUT2D eigenvalue weighted by Gasteiger charge is 2.50. The van der Waals surface area contributed by atoms with E-state index in [1.807, 2.05) is 0 Å². The van der Waals surface area contributed by atoms with E-state index < -0.39 is 67.3 Å². The number of carboxylic acid groups (broad SMARTS) is 1. The number of unbranched alkanes of at least 4 members (excludes halogenated alkanes) is 22. The average Bonchev–Trinajstić information content (AvgIpc) is 3.31. The number of carbonyl (C=O) groups is 4. The molecule has 12 heteroatoms. The third-order valence-corrected chi connectivity index (χ3v) is 11.9. The standard InChI is InChI=1S/C55H94O12/c1-4-7-10-13-16-19-21-22-23-24-25-26-28-31-34-37-40-43-49(58)66-53-51(60)50(59)52(54(61)62)67-55(53)64-45-46(65-48(57)42-39-36-33-29-18-15-12-9-6-3)44-63-47(56)41-38-35-32-30-27-20-17-14-11-8-5-2/h7,10,14,16-17,19,22-23,46,50-53,55,59-60H,4-6,8-9,11-13,15,18,20-21,24-45H2,1-3H3,(H,61,62)/b10-7-,17-14-,19-16-,23-22-. The number of carbonyl (C=O) groups excluding carboxylic acids is 3. The number of esters is 3. The summed E-state index contributed by atoms with van der Waals surface area (Å²) in [5.41, 5.74) is 0. The Hall–Kier alpha value is -3.32. The van der Waals surface area contributed by atoms with E-state index in [0.717, 1.165) is 122 Å². The second-order valence-electron chi connectivity index (χ2n) is 18.1. The largest absolute Gasteiger partial charge is 0.479 e. The molecule has 0 spiro atoms. The molecule has 1 aliphatic heterocycles. The second kappa shape index (κ2) is 43.9. The zero-order valence-electron chi connectivity index (χ0n) is 42.1. The SMILES string of the molecule is CC/C=C\C/C=C\C/C=C\CCCCCCCCCC(=O)OC1C(OCC(COC(=O)CCCCCCC/C=C\CCCC)OC(=O)CCCCCCCCCCC)OC(C(=O)O)C(O)C1O. The number of carboxylic acids is 1. The van der Waals surface area contributed by atoms with Crippen molar-refractivity contribution in [1.82, 2.24) is 0 Å². The minimum absolute atomic E-state index is 0.0496. The van der Waals surface area contributed by atoms with E-state index in [9.17, 15) is 34.5 Å². The lowest BCUT2D eigenvalue weighted by atomic mass is 9.98. The topological polar surface area (TPSA) is 175 Å². The van der Waals surface area contributed by atoms with Crippen molar-refractivity contribution in [2.45, 2.75) is 263 Å². The van der Waals surface area contributed by atoms with Gasteiger partial charge in [-0.05, 0) is 70.6 Å². The van der Waals surface area contributed by atoms with Gasteiger partial charge in [-0.3, -0.25) is 14.4 Å². The van der Waals surface area contributed by atoms with Gasteiger partial charge in [-0.15, -0.1) is 0 Å². The molecule has 3 N–H and O–H groups in total. The van der Waals surface area contributed by atoms with E-state index in [2.05, 4.69) is 69.4 Å². The van der Waals surface area contributed by atoms with Crippen LogP contribution in [0.5, 0.6) is 0 Å². The molecule has 6 atom stereocenters. The summed E-state index contributed by atoms with van der Waals surface area (Å²) in [5, 5.41) is 31.3. The van der Waals surface area contributed by atoms with Gasteiger partial charge in [0.25, 0.3) is 0 Å². The van der Waals surface area contributed by atoms with Crippen molar-refractivity contribution in [1.29, 1.82) is 0 Å². The number of rotatable bonds is 44. The predicted octanol–water partition coefficient (Wildman–Crippen LogP) is 12.7. The Labute approximate surface area is 405 Å². The molecule has 0 aromatic carbocycles. The fourth-order valence-corrected chi connectivity index (χ4v) is 7.77. The Morgan fingerprint density at radius 2 is 0.955 bits per heavy atom. The minimum atomic E-state index is -1.90. The summed E-state index contributed by atoms with van der Waals surface area (Å²) in [7, 11) is 0. The maximum atomic E-state index is 13.0. The molecule has 1 heterocycles. The zero-order valence-corrected chi connectivity index (χ0v) is 42.1. The van der Waals surface area contributed by atoms with Crippen LogP contribution in [-0.2, 0) is 42.9 Å². The smallest absolute Gasteiger partial charge is 0.335 e. The first-order valence-electron chi connectivity index (χ1n) is 26.6. The third-order valence-electron chi connectivity index (χ3n) is 11.9. The van der Waals surface area contributed by atoms with E-state index in [1.165, 1.54) is 44.9 Å². The van der Waals surface area contributed by atoms with Gasteiger partial charge in [0.1, 0.15) is 18.8 Å².